The fourth-order valence-corrected chi connectivity index (χ4v) is 1.02. The number of aliphatic hydroxyl groups excluding tert-OH is 1. The molecular formula is C10H20N2O4. The molecular weight excluding hydrogens is 212 g/mol. The fraction of sp³-hybridized carbons (Fsp3) is 0.800. The van der Waals surface area contributed by atoms with E-state index in [0.29, 0.717) is 26.2 Å². The fourth-order valence-electron chi connectivity index (χ4n) is 1.02. The zero-order valence-electron chi connectivity index (χ0n) is 9.86. The number of aliphatic hydroxyl groups is 1. The summed E-state index contributed by atoms with van der Waals surface area (Å²) in [5, 5.41) is 11.1. The number of hydrogen-bond acceptors (Lipinski definition) is 4. The average Bonchev–Trinajstić information content (AvgIpc) is 2.27. The first-order valence-corrected chi connectivity index (χ1v) is 5.35. The van der Waals surface area contributed by atoms with Gasteiger partial charge in [0.25, 0.3) is 0 Å². The molecule has 0 unspecified atom stereocenters. The number of nitrogens with one attached hydrogen (secondary N) is 1. The Bertz CT molecular complexity index is 221. The van der Waals surface area contributed by atoms with E-state index in [1.165, 1.54) is 11.9 Å². The van der Waals surface area contributed by atoms with Crippen molar-refractivity contribution in [3.05, 3.63) is 0 Å². The summed E-state index contributed by atoms with van der Waals surface area (Å²) in [5.41, 5.74) is 0. The maximum Gasteiger partial charge on any atom is 0.311 e. The van der Waals surface area contributed by atoms with Gasteiger partial charge in [-0.25, -0.2) is 0 Å². The zero-order chi connectivity index (χ0) is 12.4. The Morgan fingerprint density at radius 1 is 1.44 bits per heavy atom. The van der Waals surface area contributed by atoms with Crippen molar-refractivity contribution < 1.29 is 19.4 Å². The normalized spacial score (nSPS) is 9.94. The third kappa shape index (κ3) is 6.36. The molecule has 0 spiro atoms. The molecule has 94 valence electrons. The summed E-state index contributed by atoms with van der Waals surface area (Å²) < 4.78 is 5.08. The van der Waals surface area contributed by atoms with E-state index < -0.39 is 11.8 Å². The van der Waals surface area contributed by atoms with Crippen LogP contribution in [0.1, 0.15) is 13.3 Å². The monoisotopic (exact) mass is 232 g/mol. The van der Waals surface area contributed by atoms with Crippen molar-refractivity contribution >= 4 is 11.8 Å². The lowest BCUT2D eigenvalue weighted by Gasteiger charge is -2.14. The topological polar surface area (TPSA) is 78.9 Å². The molecule has 0 rings (SSSR count). The van der Waals surface area contributed by atoms with E-state index in [1.54, 1.807) is 0 Å². The Kier molecular flexibility index (Phi) is 8.46. The molecule has 0 bridgehead atoms. The van der Waals surface area contributed by atoms with E-state index in [1.807, 2.05) is 6.92 Å². The molecule has 0 saturated carbocycles. The van der Waals surface area contributed by atoms with E-state index in [-0.39, 0.29) is 13.2 Å². The van der Waals surface area contributed by atoms with E-state index in [4.69, 9.17) is 9.84 Å². The molecule has 0 aliphatic rings. The van der Waals surface area contributed by atoms with Crippen molar-refractivity contribution in [3.8, 4) is 0 Å². The van der Waals surface area contributed by atoms with Crippen molar-refractivity contribution in [2.24, 2.45) is 0 Å². The minimum Gasteiger partial charge on any atom is -0.395 e. The van der Waals surface area contributed by atoms with Crippen LogP contribution in [0.15, 0.2) is 0 Å². The van der Waals surface area contributed by atoms with Crippen molar-refractivity contribution in [2.45, 2.75) is 13.3 Å². The van der Waals surface area contributed by atoms with Crippen LogP contribution >= 0.6 is 0 Å². The highest BCUT2D eigenvalue weighted by molar-refractivity contribution is 6.34. The number of likely N-dealkylation sites (N-methyl/N-ethyl adjacent to an activating group) is 1. The van der Waals surface area contributed by atoms with Gasteiger partial charge in [0, 0.05) is 33.4 Å². The van der Waals surface area contributed by atoms with Crippen LogP contribution in [0.4, 0.5) is 0 Å². The number of carbonyl (C=O) groups excluding carboxylic acids is 2. The predicted molar refractivity (Wildman–Crippen MR) is 58.8 cm³/mol. The van der Waals surface area contributed by atoms with Gasteiger partial charge in [0.15, 0.2) is 0 Å². The first kappa shape index (κ1) is 14.9. The molecule has 0 aromatic rings. The number of amides is 2. The van der Waals surface area contributed by atoms with Gasteiger partial charge in [0.2, 0.25) is 0 Å². The molecule has 0 aliphatic heterocycles. The second kappa shape index (κ2) is 9.11. The minimum absolute atomic E-state index is 0.153. The smallest absolute Gasteiger partial charge is 0.311 e. The van der Waals surface area contributed by atoms with Crippen LogP contribution in [-0.2, 0) is 14.3 Å². The second-order valence-corrected chi connectivity index (χ2v) is 3.26. The van der Waals surface area contributed by atoms with Crippen LogP contribution in [0.2, 0.25) is 0 Å². The Balaban J connectivity index is 3.67. The highest BCUT2D eigenvalue weighted by Crippen LogP contribution is 1.85. The van der Waals surface area contributed by atoms with Crippen molar-refractivity contribution in [2.75, 3.05) is 40.0 Å². The maximum absolute atomic E-state index is 11.3. The lowest BCUT2D eigenvalue weighted by Crippen LogP contribution is -2.42. The maximum atomic E-state index is 11.3. The van der Waals surface area contributed by atoms with Crippen molar-refractivity contribution in [1.82, 2.24) is 10.2 Å². The Hall–Kier alpha value is -1.14. The number of ether oxygens (including phenoxy) is 1. The third-order valence-corrected chi connectivity index (χ3v) is 1.93. The lowest BCUT2D eigenvalue weighted by molar-refractivity contribution is -0.145. The summed E-state index contributed by atoms with van der Waals surface area (Å²) >= 11 is 0. The summed E-state index contributed by atoms with van der Waals surface area (Å²) in [4.78, 5) is 23.8. The zero-order valence-corrected chi connectivity index (χ0v) is 9.86. The van der Waals surface area contributed by atoms with Crippen LogP contribution < -0.4 is 5.32 Å². The molecule has 0 aromatic carbocycles. The average molecular weight is 232 g/mol. The minimum atomic E-state index is -0.646. The molecule has 2 amide bonds. The summed E-state index contributed by atoms with van der Waals surface area (Å²) in [6, 6.07) is 0. The molecule has 0 saturated heterocycles. The molecule has 0 fully saturated rings. The predicted octanol–water partition coefficient (Wildman–Crippen LogP) is -1.02. The SMILES string of the molecule is CCOCCCNC(=O)C(=O)N(C)CCO. The van der Waals surface area contributed by atoms with Gasteiger partial charge < -0.3 is 20.1 Å². The quantitative estimate of drug-likeness (QED) is 0.435. The van der Waals surface area contributed by atoms with E-state index >= 15 is 0 Å². The Morgan fingerprint density at radius 2 is 2.12 bits per heavy atom. The van der Waals surface area contributed by atoms with Gasteiger partial charge in [-0.05, 0) is 13.3 Å². The third-order valence-electron chi connectivity index (χ3n) is 1.93. The molecule has 0 atom stereocenters. The lowest BCUT2D eigenvalue weighted by atomic mass is 10.4. The second-order valence-electron chi connectivity index (χ2n) is 3.26. The van der Waals surface area contributed by atoms with Gasteiger partial charge in [-0.3, -0.25) is 9.59 Å². The Morgan fingerprint density at radius 3 is 2.69 bits per heavy atom. The Labute approximate surface area is 95.6 Å². The molecule has 0 aliphatic carbocycles. The highest BCUT2D eigenvalue weighted by Gasteiger charge is 2.16. The summed E-state index contributed by atoms with van der Waals surface area (Å²) in [7, 11) is 1.47. The molecule has 6 heteroatoms. The summed E-state index contributed by atoms with van der Waals surface area (Å²) in [6.07, 6.45) is 0.677. The molecule has 6 nitrogen and oxygen atoms in total. The van der Waals surface area contributed by atoms with Gasteiger partial charge in [-0.2, -0.15) is 0 Å². The van der Waals surface area contributed by atoms with Gasteiger partial charge >= 0.3 is 11.8 Å². The molecule has 0 radical (unpaired) electrons. The van der Waals surface area contributed by atoms with Crippen LogP contribution in [0.3, 0.4) is 0 Å². The first-order valence-electron chi connectivity index (χ1n) is 5.35. The van der Waals surface area contributed by atoms with E-state index in [0.717, 1.165) is 0 Å². The number of nitrogens with zero attached hydrogens (tertiary/aromatic N) is 1. The largest absolute Gasteiger partial charge is 0.395 e. The molecule has 0 aromatic heterocycles. The first-order chi connectivity index (χ1) is 7.63. The highest BCUT2D eigenvalue weighted by atomic mass is 16.5. The number of carbonyl (C=O) groups is 2. The summed E-state index contributed by atoms with van der Waals surface area (Å²) in [6.45, 7) is 3.53. The number of rotatable bonds is 7. The molecule has 2 N–H and O–H groups in total. The van der Waals surface area contributed by atoms with Gasteiger partial charge in [-0.1, -0.05) is 0 Å². The van der Waals surface area contributed by atoms with Crippen LogP contribution in [0, 0.1) is 0 Å². The van der Waals surface area contributed by atoms with Gasteiger partial charge in [0.1, 0.15) is 0 Å². The van der Waals surface area contributed by atoms with Crippen LogP contribution in [0.5, 0.6) is 0 Å². The van der Waals surface area contributed by atoms with Crippen LogP contribution in [0.25, 0.3) is 0 Å². The number of hydrogen-bond donors (Lipinski definition) is 2. The van der Waals surface area contributed by atoms with E-state index in [9.17, 15) is 9.59 Å². The van der Waals surface area contributed by atoms with Crippen molar-refractivity contribution in [1.29, 1.82) is 0 Å². The standard InChI is InChI=1S/C10H20N2O4/c1-3-16-8-4-5-11-9(14)10(15)12(2)6-7-13/h13H,3-8H2,1-2H3,(H,11,14). The molecule has 0 heterocycles. The van der Waals surface area contributed by atoms with Gasteiger partial charge in [0.05, 0.1) is 6.61 Å². The van der Waals surface area contributed by atoms with Gasteiger partial charge in [-0.15, -0.1) is 0 Å². The molecule has 16 heavy (non-hydrogen) atoms. The van der Waals surface area contributed by atoms with E-state index in [2.05, 4.69) is 5.32 Å². The van der Waals surface area contributed by atoms with Crippen molar-refractivity contribution in [3.63, 3.8) is 0 Å². The summed E-state index contributed by atoms with van der Waals surface area (Å²) in [5.74, 6) is -1.28. The van der Waals surface area contributed by atoms with Crippen LogP contribution in [-0.4, -0.2) is 61.8 Å².